The summed E-state index contributed by atoms with van der Waals surface area (Å²) in [4.78, 5) is 0.183. The van der Waals surface area contributed by atoms with Gasteiger partial charge in [0.2, 0.25) is 0 Å². The van der Waals surface area contributed by atoms with E-state index in [1.54, 1.807) is 0 Å². The van der Waals surface area contributed by atoms with Gasteiger partial charge < -0.3 is 5.11 Å². The first-order chi connectivity index (χ1) is 5.44. The zero-order valence-corrected chi connectivity index (χ0v) is 7.79. The molecule has 1 aromatic rings. The fraction of sp³-hybridized carbons (Fsp3) is 0.429. The second kappa shape index (κ2) is 3.28. The third-order valence-electron chi connectivity index (χ3n) is 1.50. The second-order valence-corrected chi connectivity index (χ2v) is 4.27. The average molecular weight is 213 g/mol. The molecule has 1 N–H and O–H groups in total. The van der Waals surface area contributed by atoms with Crippen LogP contribution in [0, 0.1) is 0 Å². The molecule has 0 aliphatic heterocycles. The molecule has 0 aliphatic carbocycles. The van der Waals surface area contributed by atoms with E-state index in [-0.39, 0.29) is 4.88 Å². The largest absolute Gasteiger partial charge is 0.379 e. The molecule has 0 aromatic carbocycles. The van der Waals surface area contributed by atoms with E-state index in [0.717, 1.165) is 18.3 Å². The van der Waals surface area contributed by atoms with Crippen molar-refractivity contribution in [1.82, 2.24) is 0 Å². The molecule has 0 amide bonds. The van der Waals surface area contributed by atoms with E-state index in [0.29, 0.717) is 4.34 Å². The van der Waals surface area contributed by atoms with Crippen LogP contribution in [0.3, 0.4) is 0 Å². The van der Waals surface area contributed by atoms with Crippen molar-refractivity contribution < 1.29 is 13.9 Å². The molecule has 0 radical (unpaired) electrons. The molecule has 1 atom stereocenters. The molecule has 5 heteroatoms. The van der Waals surface area contributed by atoms with E-state index in [2.05, 4.69) is 0 Å². The molecule has 0 saturated carbocycles. The highest BCUT2D eigenvalue weighted by molar-refractivity contribution is 7.16. The van der Waals surface area contributed by atoms with E-state index in [9.17, 15) is 13.9 Å². The molecule has 12 heavy (non-hydrogen) atoms. The van der Waals surface area contributed by atoms with Crippen LogP contribution in [0.4, 0.5) is 8.78 Å². The van der Waals surface area contributed by atoms with Gasteiger partial charge in [-0.1, -0.05) is 11.6 Å². The van der Waals surface area contributed by atoms with Gasteiger partial charge in [-0.25, -0.2) is 8.78 Å². The molecule has 1 nitrogen and oxygen atoms in total. The van der Waals surface area contributed by atoms with Crippen LogP contribution in [0.2, 0.25) is 4.34 Å². The van der Waals surface area contributed by atoms with Crippen molar-refractivity contribution in [2.75, 3.05) is 0 Å². The Labute approximate surface area is 77.6 Å². The van der Waals surface area contributed by atoms with Crippen LogP contribution < -0.4 is 0 Å². The normalized spacial score (nSPS) is 16.5. The second-order valence-electron chi connectivity index (χ2n) is 2.55. The number of hydrogen-bond donors (Lipinski definition) is 1. The van der Waals surface area contributed by atoms with Gasteiger partial charge in [-0.15, -0.1) is 11.3 Å². The lowest BCUT2D eigenvalue weighted by molar-refractivity contribution is -0.0858. The zero-order chi connectivity index (χ0) is 9.35. The quantitative estimate of drug-likeness (QED) is 0.799. The van der Waals surface area contributed by atoms with Gasteiger partial charge in [0.1, 0.15) is 0 Å². The average Bonchev–Trinajstić information content (AvgIpc) is 2.35. The summed E-state index contributed by atoms with van der Waals surface area (Å²) in [6.45, 7) is 1.07. The summed E-state index contributed by atoms with van der Waals surface area (Å²) in [5, 5.41) is 9.28. The Morgan fingerprint density at radius 2 is 2.17 bits per heavy atom. The number of halogens is 3. The predicted octanol–water partition coefficient (Wildman–Crippen LogP) is 2.87. The maximum absolute atomic E-state index is 12.2. The van der Waals surface area contributed by atoms with Gasteiger partial charge in [0.15, 0.2) is 5.60 Å². The molecule has 0 aliphatic rings. The maximum Gasteiger partial charge on any atom is 0.271 e. The number of thiophene rings is 1. The molecule has 1 rings (SSSR count). The lowest BCUT2D eigenvalue weighted by atomic mass is 10.1. The molecule has 1 unspecified atom stereocenters. The molecule has 1 aromatic heterocycles. The highest BCUT2D eigenvalue weighted by Gasteiger charge is 2.35. The summed E-state index contributed by atoms with van der Waals surface area (Å²) in [5.74, 6) is 0. The van der Waals surface area contributed by atoms with Crippen LogP contribution in [0.5, 0.6) is 0 Å². The Bertz CT molecular complexity index is 272. The van der Waals surface area contributed by atoms with Crippen molar-refractivity contribution in [1.29, 1.82) is 0 Å². The minimum atomic E-state index is -2.80. The first-order valence-corrected chi connectivity index (χ1v) is 4.40. The van der Waals surface area contributed by atoms with E-state index < -0.39 is 12.0 Å². The van der Waals surface area contributed by atoms with Crippen LogP contribution in [-0.2, 0) is 5.60 Å². The molecule has 1 heterocycles. The molecule has 68 valence electrons. The molecular weight excluding hydrogens is 206 g/mol. The predicted molar refractivity (Wildman–Crippen MR) is 44.9 cm³/mol. The van der Waals surface area contributed by atoms with E-state index in [4.69, 9.17) is 11.6 Å². The Morgan fingerprint density at radius 1 is 1.58 bits per heavy atom. The Kier molecular flexibility index (Phi) is 2.70. The Morgan fingerprint density at radius 3 is 2.50 bits per heavy atom. The smallest absolute Gasteiger partial charge is 0.271 e. The van der Waals surface area contributed by atoms with Crippen LogP contribution in [-0.4, -0.2) is 11.5 Å². The molecule has 0 bridgehead atoms. The number of rotatable bonds is 2. The third kappa shape index (κ3) is 1.76. The van der Waals surface area contributed by atoms with Gasteiger partial charge in [0.25, 0.3) is 6.43 Å². The monoisotopic (exact) mass is 212 g/mol. The van der Waals surface area contributed by atoms with Gasteiger partial charge in [0.05, 0.1) is 4.34 Å². The highest BCUT2D eigenvalue weighted by atomic mass is 35.5. The standard InChI is InChI=1S/C7H7ClF2OS/c1-7(11,6(9)10)4-2-3-5(8)12-4/h2-3,6,11H,1H3. The molecule has 0 spiro atoms. The van der Waals surface area contributed by atoms with Crippen molar-refractivity contribution in [3.05, 3.63) is 21.3 Å². The fourth-order valence-electron chi connectivity index (χ4n) is 0.694. The maximum atomic E-state index is 12.2. The van der Waals surface area contributed by atoms with Crippen LogP contribution in [0.15, 0.2) is 12.1 Å². The van der Waals surface area contributed by atoms with Crippen molar-refractivity contribution in [2.24, 2.45) is 0 Å². The number of alkyl halides is 2. The van der Waals surface area contributed by atoms with Gasteiger partial charge in [-0.05, 0) is 19.1 Å². The van der Waals surface area contributed by atoms with E-state index >= 15 is 0 Å². The minimum Gasteiger partial charge on any atom is -0.379 e. The Balaban J connectivity index is 2.97. The van der Waals surface area contributed by atoms with Crippen molar-refractivity contribution in [3.63, 3.8) is 0 Å². The van der Waals surface area contributed by atoms with Crippen LogP contribution >= 0.6 is 22.9 Å². The minimum absolute atomic E-state index is 0.183. The Hall–Kier alpha value is -0.190. The van der Waals surface area contributed by atoms with Gasteiger partial charge >= 0.3 is 0 Å². The lowest BCUT2D eigenvalue weighted by Gasteiger charge is -2.19. The zero-order valence-electron chi connectivity index (χ0n) is 6.22. The van der Waals surface area contributed by atoms with E-state index in [1.807, 2.05) is 0 Å². The topological polar surface area (TPSA) is 20.2 Å². The first kappa shape index (κ1) is 9.89. The summed E-state index contributed by atoms with van der Waals surface area (Å²) in [6, 6.07) is 2.89. The number of aliphatic hydroxyl groups is 1. The summed E-state index contributed by atoms with van der Waals surface area (Å²) in [6.07, 6.45) is -2.80. The molecule has 0 fully saturated rings. The lowest BCUT2D eigenvalue weighted by Crippen LogP contribution is -2.29. The van der Waals surface area contributed by atoms with Gasteiger partial charge in [0, 0.05) is 4.88 Å². The van der Waals surface area contributed by atoms with Crippen molar-refractivity contribution >= 4 is 22.9 Å². The van der Waals surface area contributed by atoms with Crippen molar-refractivity contribution in [3.8, 4) is 0 Å². The van der Waals surface area contributed by atoms with Crippen LogP contribution in [0.1, 0.15) is 11.8 Å². The van der Waals surface area contributed by atoms with Gasteiger partial charge in [-0.3, -0.25) is 0 Å². The summed E-state index contributed by atoms with van der Waals surface area (Å²) in [5.41, 5.74) is -2.09. The SMILES string of the molecule is CC(O)(c1ccc(Cl)s1)C(F)F. The fourth-order valence-corrected chi connectivity index (χ4v) is 1.78. The molecule has 0 saturated heterocycles. The van der Waals surface area contributed by atoms with E-state index in [1.165, 1.54) is 12.1 Å². The van der Waals surface area contributed by atoms with Gasteiger partial charge in [-0.2, -0.15) is 0 Å². The molecular formula is C7H7ClF2OS. The first-order valence-electron chi connectivity index (χ1n) is 3.21. The summed E-state index contributed by atoms with van der Waals surface area (Å²) >= 11 is 6.49. The summed E-state index contributed by atoms with van der Waals surface area (Å²) in [7, 11) is 0. The summed E-state index contributed by atoms with van der Waals surface area (Å²) < 4.78 is 24.8. The van der Waals surface area contributed by atoms with Crippen LogP contribution in [0.25, 0.3) is 0 Å². The number of hydrogen-bond acceptors (Lipinski definition) is 2. The highest BCUT2D eigenvalue weighted by Crippen LogP contribution is 2.34. The third-order valence-corrected chi connectivity index (χ3v) is 2.95. The van der Waals surface area contributed by atoms with Crippen molar-refractivity contribution in [2.45, 2.75) is 19.0 Å².